The molecule has 2 fully saturated rings. The molecule has 0 radical (unpaired) electrons. The summed E-state index contributed by atoms with van der Waals surface area (Å²) in [6, 6.07) is 0. The Morgan fingerprint density at radius 2 is 2.21 bits per heavy atom. The van der Waals surface area contributed by atoms with Crippen LogP contribution in [-0.4, -0.2) is 77.4 Å². The average Bonchev–Trinajstić information content (AvgIpc) is 3.14. The first-order valence-corrected chi connectivity index (χ1v) is 8.62. The summed E-state index contributed by atoms with van der Waals surface area (Å²) in [5, 5.41) is 0. The van der Waals surface area contributed by atoms with Gasteiger partial charge in [0.25, 0.3) is 0 Å². The lowest BCUT2D eigenvalue weighted by Crippen LogP contribution is -2.44. The Bertz CT molecular complexity index is 564. The van der Waals surface area contributed by atoms with Crippen molar-refractivity contribution in [3.63, 3.8) is 0 Å². The SMILES string of the molecule is CN(C)C(=O)COC1COC2(CCN(Cc3nccn3C)CC2)C1. The van der Waals surface area contributed by atoms with Gasteiger partial charge in [0, 0.05) is 53.0 Å². The predicted octanol–water partition coefficient (Wildman–Crippen LogP) is 0.648. The molecule has 0 aromatic carbocycles. The maximum atomic E-state index is 11.6. The summed E-state index contributed by atoms with van der Waals surface area (Å²) in [6.45, 7) is 3.64. The van der Waals surface area contributed by atoms with Crippen molar-refractivity contribution in [2.24, 2.45) is 7.05 Å². The summed E-state index contributed by atoms with van der Waals surface area (Å²) in [7, 11) is 5.52. The zero-order valence-electron chi connectivity index (χ0n) is 14.9. The number of likely N-dealkylation sites (tertiary alicyclic amines) is 1. The lowest BCUT2D eigenvalue weighted by atomic mass is 9.88. The summed E-state index contributed by atoms with van der Waals surface area (Å²) in [4.78, 5) is 20.0. The summed E-state index contributed by atoms with van der Waals surface area (Å²) in [5.41, 5.74) is -0.0655. The highest BCUT2D eigenvalue weighted by Gasteiger charge is 2.43. The van der Waals surface area contributed by atoms with Gasteiger partial charge in [-0.3, -0.25) is 9.69 Å². The first-order chi connectivity index (χ1) is 11.5. The molecule has 1 atom stereocenters. The van der Waals surface area contributed by atoms with Gasteiger partial charge in [-0.15, -0.1) is 0 Å². The van der Waals surface area contributed by atoms with Crippen LogP contribution in [-0.2, 0) is 27.9 Å². The van der Waals surface area contributed by atoms with Crippen molar-refractivity contribution in [2.75, 3.05) is 40.4 Å². The number of ether oxygens (including phenoxy) is 2. The summed E-state index contributed by atoms with van der Waals surface area (Å²) < 4.78 is 13.9. The van der Waals surface area contributed by atoms with Gasteiger partial charge in [-0.1, -0.05) is 0 Å². The number of nitrogens with zero attached hydrogens (tertiary/aromatic N) is 4. The molecule has 7 nitrogen and oxygen atoms in total. The van der Waals surface area contributed by atoms with E-state index < -0.39 is 0 Å². The maximum Gasteiger partial charge on any atom is 0.248 e. The highest BCUT2D eigenvalue weighted by Crippen LogP contribution is 2.37. The van der Waals surface area contributed by atoms with Gasteiger partial charge in [-0.2, -0.15) is 0 Å². The predicted molar refractivity (Wildman–Crippen MR) is 89.5 cm³/mol. The Balaban J connectivity index is 1.44. The normalized spacial score (nSPS) is 23.7. The lowest BCUT2D eigenvalue weighted by molar-refractivity contribution is -0.135. The molecule has 0 bridgehead atoms. The van der Waals surface area contributed by atoms with E-state index in [1.165, 1.54) is 0 Å². The van der Waals surface area contributed by atoms with Gasteiger partial charge in [0.2, 0.25) is 5.91 Å². The van der Waals surface area contributed by atoms with Gasteiger partial charge in [0.15, 0.2) is 0 Å². The highest BCUT2D eigenvalue weighted by atomic mass is 16.6. The van der Waals surface area contributed by atoms with Gasteiger partial charge < -0.3 is 18.9 Å². The largest absolute Gasteiger partial charge is 0.372 e. The van der Waals surface area contributed by atoms with E-state index in [9.17, 15) is 4.79 Å². The Labute approximate surface area is 143 Å². The Hall–Kier alpha value is -1.44. The molecule has 1 amide bonds. The second-order valence-corrected chi connectivity index (χ2v) is 7.15. The van der Waals surface area contributed by atoms with Crippen LogP contribution in [0, 0.1) is 0 Å². The number of aromatic nitrogens is 2. The van der Waals surface area contributed by atoms with Gasteiger partial charge in [0.05, 0.1) is 24.9 Å². The fraction of sp³-hybridized carbons (Fsp3) is 0.765. The fourth-order valence-electron chi connectivity index (χ4n) is 3.44. The molecule has 24 heavy (non-hydrogen) atoms. The molecule has 2 aliphatic rings. The number of likely N-dealkylation sites (N-methyl/N-ethyl adjacent to an activating group) is 1. The van der Waals surface area contributed by atoms with E-state index in [4.69, 9.17) is 9.47 Å². The monoisotopic (exact) mass is 336 g/mol. The number of piperidine rings is 1. The summed E-state index contributed by atoms with van der Waals surface area (Å²) in [6.07, 6.45) is 6.78. The van der Waals surface area contributed by atoms with Crippen LogP contribution >= 0.6 is 0 Å². The lowest BCUT2D eigenvalue weighted by Gasteiger charge is -2.38. The number of hydrogen-bond donors (Lipinski definition) is 0. The molecular weight excluding hydrogens is 308 g/mol. The van der Waals surface area contributed by atoms with Crippen LogP contribution in [0.3, 0.4) is 0 Å². The minimum atomic E-state index is -0.0655. The molecule has 0 aliphatic carbocycles. The van der Waals surface area contributed by atoms with Crippen LogP contribution in [0.15, 0.2) is 12.4 Å². The number of carbonyl (C=O) groups is 1. The van der Waals surface area contributed by atoms with Crippen molar-refractivity contribution < 1.29 is 14.3 Å². The van der Waals surface area contributed by atoms with Crippen molar-refractivity contribution in [1.82, 2.24) is 19.4 Å². The van der Waals surface area contributed by atoms with Crippen molar-refractivity contribution in [3.8, 4) is 0 Å². The van der Waals surface area contributed by atoms with Gasteiger partial charge in [-0.05, 0) is 12.8 Å². The van der Waals surface area contributed by atoms with E-state index in [0.29, 0.717) is 6.61 Å². The first kappa shape index (κ1) is 17.4. The molecule has 1 spiro atoms. The standard InChI is InChI=1S/C17H28N4O3/c1-19(2)16(22)13-23-14-10-17(24-12-14)4-7-21(8-5-17)11-15-18-6-9-20(15)3/h6,9,14H,4-5,7-8,10-13H2,1-3H3. The fourth-order valence-corrected chi connectivity index (χ4v) is 3.44. The van der Waals surface area contributed by atoms with Crippen LogP contribution < -0.4 is 0 Å². The molecule has 0 saturated carbocycles. The summed E-state index contributed by atoms with van der Waals surface area (Å²) in [5.74, 6) is 1.10. The summed E-state index contributed by atoms with van der Waals surface area (Å²) >= 11 is 0. The minimum absolute atomic E-state index is 0.000775. The van der Waals surface area contributed by atoms with Crippen LogP contribution in [0.2, 0.25) is 0 Å². The molecule has 3 rings (SSSR count). The molecule has 3 heterocycles. The van der Waals surface area contributed by atoms with E-state index in [-0.39, 0.29) is 24.2 Å². The first-order valence-electron chi connectivity index (χ1n) is 8.62. The van der Waals surface area contributed by atoms with E-state index in [0.717, 1.165) is 44.7 Å². The molecule has 1 aromatic rings. The molecule has 134 valence electrons. The molecular formula is C17H28N4O3. The Kier molecular flexibility index (Phi) is 5.22. The van der Waals surface area contributed by atoms with E-state index in [1.807, 2.05) is 19.4 Å². The number of aryl methyl sites for hydroxylation is 1. The quantitative estimate of drug-likeness (QED) is 0.790. The van der Waals surface area contributed by atoms with E-state index in [2.05, 4.69) is 14.5 Å². The van der Waals surface area contributed by atoms with Gasteiger partial charge >= 0.3 is 0 Å². The zero-order valence-corrected chi connectivity index (χ0v) is 14.9. The van der Waals surface area contributed by atoms with Crippen LogP contribution in [0.4, 0.5) is 0 Å². The third-order valence-corrected chi connectivity index (χ3v) is 5.17. The van der Waals surface area contributed by atoms with Crippen LogP contribution in [0.1, 0.15) is 25.1 Å². The molecule has 1 unspecified atom stereocenters. The molecule has 7 heteroatoms. The number of imidazole rings is 1. The Morgan fingerprint density at radius 3 is 2.83 bits per heavy atom. The number of carbonyl (C=O) groups excluding carboxylic acids is 1. The Morgan fingerprint density at radius 1 is 1.46 bits per heavy atom. The van der Waals surface area contributed by atoms with Gasteiger partial charge in [0.1, 0.15) is 12.4 Å². The maximum absolute atomic E-state index is 11.6. The molecule has 1 aromatic heterocycles. The molecule has 0 N–H and O–H groups in total. The number of amides is 1. The van der Waals surface area contributed by atoms with Crippen molar-refractivity contribution in [2.45, 2.75) is 37.5 Å². The number of rotatable bonds is 5. The third kappa shape index (κ3) is 3.96. The molecule has 2 aliphatic heterocycles. The second kappa shape index (κ2) is 7.21. The highest BCUT2D eigenvalue weighted by molar-refractivity contribution is 5.76. The average molecular weight is 336 g/mol. The number of hydrogen-bond acceptors (Lipinski definition) is 5. The van der Waals surface area contributed by atoms with Crippen molar-refractivity contribution in [1.29, 1.82) is 0 Å². The van der Waals surface area contributed by atoms with Crippen LogP contribution in [0.5, 0.6) is 0 Å². The van der Waals surface area contributed by atoms with E-state index in [1.54, 1.807) is 19.0 Å². The smallest absolute Gasteiger partial charge is 0.248 e. The zero-order chi connectivity index (χ0) is 17.2. The van der Waals surface area contributed by atoms with Gasteiger partial charge in [-0.25, -0.2) is 4.98 Å². The van der Waals surface area contributed by atoms with Crippen LogP contribution in [0.25, 0.3) is 0 Å². The van der Waals surface area contributed by atoms with E-state index >= 15 is 0 Å². The third-order valence-electron chi connectivity index (χ3n) is 5.17. The van der Waals surface area contributed by atoms with Crippen molar-refractivity contribution in [3.05, 3.63) is 18.2 Å². The minimum Gasteiger partial charge on any atom is -0.372 e. The second-order valence-electron chi connectivity index (χ2n) is 7.15. The topological polar surface area (TPSA) is 59.8 Å². The molecule has 2 saturated heterocycles. The van der Waals surface area contributed by atoms with Crippen molar-refractivity contribution >= 4 is 5.91 Å².